The molecule has 0 spiro atoms. The number of benzene rings is 1. The molecule has 0 radical (unpaired) electrons. The van der Waals surface area contributed by atoms with E-state index in [0.29, 0.717) is 0 Å². The van der Waals surface area contributed by atoms with E-state index >= 15 is 0 Å². The highest BCUT2D eigenvalue weighted by molar-refractivity contribution is 6.07. The van der Waals surface area contributed by atoms with Crippen LogP contribution in [-0.4, -0.2) is 23.4 Å². The number of hydrogen-bond donors (Lipinski definition) is 2. The van der Waals surface area contributed by atoms with Gasteiger partial charge in [-0.3, -0.25) is 14.9 Å². The van der Waals surface area contributed by atoms with Gasteiger partial charge in [-0.2, -0.15) is 0 Å². The summed E-state index contributed by atoms with van der Waals surface area (Å²) in [5.41, 5.74) is -2.09. The van der Waals surface area contributed by atoms with Crippen LogP contribution in [0.3, 0.4) is 0 Å². The van der Waals surface area contributed by atoms with E-state index in [1.165, 1.54) is 0 Å². The Morgan fingerprint density at radius 1 is 1.04 bits per heavy atom. The average molecular weight is 332 g/mol. The van der Waals surface area contributed by atoms with E-state index in [2.05, 4.69) is 10.6 Å². The number of alkyl carbamates (subject to hydrolysis) is 1. The topological polar surface area (TPSA) is 84.5 Å². The zero-order valence-electron chi connectivity index (χ0n) is 14.7. The fourth-order valence-corrected chi connectivity index (χ4v) is 2.75. The molecule has 0 saturated carbocycles. The number of carbonyl (C=O) groups excluding carboxylic acids is 3. The molecule has 3 amide bonds. The molecule has 1 unspecified atom stereocenters. The molecule has 0 aromatic heterocycles. The second-order valence-corrected chi connectivity index (χ2v) is 7.34. The first kappa shape index (κ1) is 18.0. The molecule has 130 valence electrons. The number of nitrogens with one attached hydrogen (secondary N) is 2. The molecule has 0 bridgehead atoms. The standard InChI is InChI=1S/C18H24N2O4/c1-16(2)13(21)19-14(22)18(5,17(16,3)4)20-15(23)24-11-12-9-7-6-8-10-12/h6-10H,11H2,1-5H3,(H,20,23)(H,19,21,22). The highest BCUT2D eigenvalue weighted by atomic mass is 16.5. The normalized spacial score (nSPS) is 24.9. The van der Waals surface area contributed by atoms with Crippen LogP contribution in [0, 0.1) is 10.8 Å². The van der Waals surface area contributed by atoms with Gasteiger partial charge in [0.15, 0.2) is 0 Å². The summed E-state index contributed by atoms with van der Waals surface area (Å²) in [5, 5.41) is 5.00. The van der Waals surface area contributed by atoms with Crippen LogP contribution in [-0.2, 0) is 20.9 Å². The van der Waals surface area contributed by atoms with E-state index in [1.54, 1.807) is 34.6 Å². The summed E-state index contributed by atoms with van der Waals surface area (Å²) in [7, 11) is 0. The smallest absolute Gasteiger partial charge is 0.408 e. The van der Waals surface area contributed by atoms with Gasteiger partial charge in [0.05, 0.1) is 5.41 Å². The second-order valence-electron chi connectivity index (χ2n) is 7.34. The number of rotatable bonds is 3. The minimum Gasteiger partial charge on any atom is -0.445 e. The molecule has 1 aromatic carbocycles. The first-order valence-electron chi connectivity index (χ1n) is 7.87. The summed E-state index contributed by atoms with van der Waals surface area (Å²) in [5.74, 6) is -0.886. The lowest BCUT2D eigenvalue weighted by molar-refractivity contribution is -0.159. The summed E-state index contributed by atoms with van der Waals surface area (Å²) in [6.07, 6.45) is -0.699. The monoisotopic (exact) mass is 332 g/mol. The molecular formula is C18H24N2O4. The number of amides is 3. The highest BCUT2D eigenvalue weighted by Crippen LogP contribution is 2.49. The Labute approximate surface area is 142 Å². The predicted molar refractivity (Wildman–Crippen MR) is 88.9 cm³/mol. The Kier molecular flexibility index (Phi) is 4.44. The fourth-order valence-electron chi connectivity index (χ4n) is 2.75. The van der Waals surface area contributed by atoms with Gasteiger partial charge in [0, 0.05) is 5.41 Å². The third-order valence-corrected chi connectivity index (χ3v) is 5.63. The Hall–Kier alpha value is -2.37. The molecule has 1 heterocycles. The largest absolute Gasteiger partial charge is 0.445 e. The molecule has 2 rings (SSSR count). The summed E-state index contributed by atoms with van der Waals surface area (Å²) in [4.78, 5) is 36.8. The van der Waals surface area contributed by atoms with E-state index in [-0.39, 0.29) is 12.5 Å². The highest BCUT2D eigenvalue weighted by Gasteiger charge is 2.62. The Morgan fingerprint density at radius 2 is 1.62 bits per heavy atom. The molecule has 0 aliphatic carbocycles. The van der Waals surface area contributed by atoms with Gasteiger partial charge in [0.25, 0.3) is 5.91 Å². The molecule has 1 aliphatic rings. The lowest BCUT2D eigenvalue weighted by Gasteiger charge is -2.54. The van der Waals surface area contributed by atoms with Crippen LogP contribution >= 0.6 is 0 Å². The number of carbonyl (C=O) groups is 3. The van der Waals surface area contributed by atoms with Crippen molar-refractivity contribution in [2.75, 3.05) is 0 Å². The maximum atomic E-state index is 12.4. The molecule has 1 aliphatic heterocycles. The van der Waals surface area contributed by atoms with Crippen LogP contribution in [0.1, 0.15) is 40.2 Å². The van der Waals surface area contributed by atoms with Crippen molar-refractivity contribution in [3.05, 3.63) is 35.9 Å². The molecular weight excluding hydrogens is 308 g/mol. The lowest BCUT2D eigenvalue weighted by atomic mass is 9.55. The van der Waals surface area contributed by atoms with Gasteiger partial charge in [-0.1, -0.05) is 58.0 Å². The van der Waals surface area contributed by atoms with Gasteiger partial charge in [0.2, 0.25) is 5.91 Å². The molecule has 2 N–H and O–H groups in total. The van der Waals surface area contributed by atoms with E-state index in [4.69, 9.17) is 4.74 Å². The first-order chi connectivity index (χ1) is 11.0. The van der Waals surface area contributed by atoms with Crippen LogP contribution in [0.15, 0.2) is 30.3 Å². The van der Waals surface area contributed by atoms with Crippen molar-refractivity contribution >= 4 is 17.9 Å². The number of hydrogen-bond acceptors (Lipinski definition) is 4. The van der Waals surface area contributed by atoms with Gasteiger partial charge in [-0.05, 0) is 12.5 Å². The molecule has 1 fully saturated rings. The Morgan fingerprint density at radius 3 is 2.21 bits per heavy atom. The zero-order chi connectivity index (χ0) is 18.2. The van der Waals surface area contributed by atoms with Crippen molar-refractivity contribution in [3.8, 4) is 0 Å². The number of piperidine rings is 1. The molecule has 1 atom stereocenters. The zero-order valence-corrected chi connectivity index (χ0v) is 14.7. The van der Waals surface area contributed by atoms with Crippen LogP contribution in [0.4, 0.5) is 4.79 Å². The Bertz CT molecular complexity index is 667. The fraction of sp³-hybridized carbons (Fsp3) is 0.500. The molecule has 1 aromatic rings. The van der Waals surface area contributed by atoms with E-state index in [1.807, 2.05) is 30.3 Å². The average Bonchev–Trinajstić information content (AvgIpc) is 2.52. The maximum absolute atomic E-state index is 12.4. The Balaban J connectivity index is 2.15. The molecule has 24 heavy (non-hydrogen) atoms. The van der Waals surface area contributed by atoms with Crippen molar-refractivity contribution in [1.29, 1.82) is 0 Å². The van der Waals surface area contributed by atoms with Gasteiger partial charge in [0.1, 0.15) is 12.1 Å². The van der Waals surface area contributed by atoms with Crippen LogP contribution in [0.25, 0.3) is 0 Å². The van der Waals surface area contributed by atoms with E-state index in [9.17, 15) is 14.4 Å². The van der Waals surface area contributed by atoms with E-state index in [0.717, 1.165) is 5.56 Å². The summed E-state index contributed by atoms with van der Waals surface area (Å²) >= 11 is 0. The van der Waals surface area contributed by atoms with Crippen molar-refractivity contribution in [1.82, 2.24) is 10.6 Å². The van der Waals surface area contributed by atoms with E-state index < -0.39 is 28.4 Å². The van der Waals surface area contributed by atoms with Crippen LogP contribution in [0.5, 0.6) is 0 Å². The third-order valence-electron chi connectivity index (χ3n) is 5.63. The lowest BCUT2D eigenvalue weighted by Crippen LogP contribution is -2.75. The van der Waals surface area contributed by atoms with Crippen LogP contribution in [0.2, 0.25) is 0 Å². The molecule has 6 heteroatoms. The third kappa shape index (κ3) is 2.77. The van der Waals surface area contributed by atoms with Gasteiger partial charge in [-0.15, -0.1) is 0 Å². The second kappa shape index (κ2) is 5.92. The summed E-state index contributed by atoms with van der Waals surface area (Å²) in [6.45, 7) is 8.81. The summed E-state index contributed by atoms with van der Waals surface area (Å²) < 4.78 is 5.22. The molecule has 1 saturated heterocycles. The van der Waals surface area contributed by atoms with Crippen molar-refractivity contribution in [3.63, 3.8) is 0 Å². The first-order valence-corrected chi connectivity index (χ1v) is 7.87. The van der Waals surface area contributed by atoms with Crippen LogP contribution < -0.4 is 10.6 Å². The molecule has 6 nitrogen and oxygen atoms in total. The minimum atomic E-state index is -1.28. The maximum Gasteiger partial charge on any atom is 0.408 e. The SMILES string of the molecule is CC1(C)C(=O)NC(=O)C(C)(NC(=O)OCc2ccccc2)C1(C)C. The summed E-state index contributed by atoms with van der Waals surface area (Å²) in [6, 6.07) is 9.26. The minimum absolute atomic E-state index is 0.104. The van der Waals surface area contributed by atoms with Crippen molar-refractivity contribution in [2.45, 2.75) is 46.8 Å². The van der Waals surface area contributed by atoms with Gasteiger partial charge in [-0.25, -0.2) is 4.79 Å². The predicted octanol–water partition coefficient (Wildman–Crippen LogP) is 2.38. The number of imide groups is 1. The van der Waals surface area contributed by atoms with Crippen molar-refractivity contribution in [2.24, 2.45) is 10.8 Å². The quantitative estimate of drug-likeness (QED) is 0.832. The number of ether oxygens (including phenoxy) is 1. The van der Waals surface area contributed by atoms with Gasteiger partial charge >= 0.3 is 6.09 Å². The van der Waals surface area contributed by atoms with Crippen molar-refractivity contribution < 1.29 is 19.1 Å². The van der Waals surface area contributed by atoms with Gasteiger partial charge < -0.3 is 10.1 Å².